The molecule has 0 unspecified atom stereocenters. The lowest BCUT2D eigenvalue weighted by Crippen LogP contribution is -2.24. The number of carbonyl (C=O) groups excluding carboxylic acids is 1. The molecule has 0 aliphatic rings. The van der Waals surface area contributed by atoms with Gasteiger partial charge >= 0.3 is 0 Å². The van der Waals surface area contributed by atoms with Gasteiger partial charge in [-0.3, -0.25) is 10.2 Å². The fraction of sp³-hybridized carbons (Fsp3) is 0.471. The van der Waals surface area contributed by atoms with E-state index < -0.39 is 0 Å². The van der Waals surface area contributed by atoms with E-state index in [9.17, 15) is 4.79 Å². The predicted octanol–water partition coefficient (Wildman–Crippen LogP) is 2.89. The van der Waals surface area contributed by atoms with Gasteiger partial charge in [0.15, 0.2) is 11.5 Å². The molecule has 26 heavy (non-hydrogen) atoms. The zero-order valence-electron chi connectivity index (χ0n) is 15.7. The summed E-state index contributed by atoms with van der Waals surface area (Å²) in [6.45, 7) is 8.73. The lowest BCUT2D eigenvalue weighted by molar-refractivity contribution is 0.100. The fourth-order valence-electron chi connectivity index (χ4n) is 2.29. The van der Waals surface area contributed by atoms with Crippen LogP contribution in [0, 0.1) is 6.92 Å². The van der Waals surface area contributed by atoms with Crippen molar-refractivity contribution in [2.75, 3.05) is 31.5 Å². The molecule has 0 spiro atoms. The average molecular weight is 380 g/mol. The molecule has 1 N–H and O–H groups in total. The number of nitrogens with one attached hydrogen (secondary N) is 1. The van der Waals surface area contributed by atoms with Crippen LogP contribution in [0.1, 0.15) is 37.0 Å². The van der Waals surface area contributed by atoms with Gasteiger partial charge in [-0.05, 0) is 46.1 Å². The number of nitrogens with zero attached hydrogens (tertiary/aromatic N) is 3. The number of ether oxygens (including phenoxy) is 3. The van der Waals surface area contributed by atoms with Crippen LogP contribution in [-0.2, 0) is 0 Å². The standard InChI is InChI=1S/C17H24N4O4S/c1-6-23-13-9-12(10-14(24-7-2)15(13)25-8-3)16(22)20-21-11(4)18-19-17(21)26-5/h9-10H,6-8H2,1-5H3,(H,20,22). The van der Waals surface area contributed by atoms with Crippen LogP contribution in [0.4, 0.5) is 0 Å². The van der Waals surface area contributed by atoms with Gasteiger partial charge in [-0.25, -0.2) is 4.68 Å². The normalized spacial score (nSPS) is 10.5. The van der Waals surface area contributed by atoms with E-state index in [-0.39, 0.29) is 5.91 Å². The topological polar surface area (TPSA) is 87.5 Å². The maximum absolute atomic E-state index is 12.8. The zero-order chi connectivity index (χ0) is 19.1. The Morgan fingerprint density at radius 1 is 1.08 bits per heavy atom. The predicted molar refractivity (Wildman–Crippen MR) is 100 cm³/mol. The minimum absolute atomic E-state index is 0.326. The number of carbonyl (C=O) groups is 1. The van der Waals surface area contributed by atoms with Crippen molar-refractivity contribution in [1.82, 2.24) is 14.9 Å². The molecule has 142 valence electrons. The Hall–Kier alpha value is -2.42. The Kier molecular flexibility index (Phi) is 7.14. The third-order valence-electron chi connectivity index (χ3n) is 3.36. The first kappa shape index (κ1) is 19.9. The molecule has 1 aromatic carbocycles. The van der Waals surface area contributed by atoms with Gasteiger partial charge in [0.1, 0.15) is 5.82 Å². The Bertz CT molecular complexity index is 736. The molecule has 0 saturated heterocycles. The van der Waals surface area contributed by atoms with E-state index in [0.29, 0.717) is 53.6 Å². The van der Waals surface area contributed by atoms with Crippen LogP contribution < -0.4 is 19.6 Å². The highest BCUT2D eigenvalue weighted by Gasteiger charge is 2.19. The number of thioether (sulfide) groups is 1. The summed E-state index contributed by atoms with van der Waals surface area (Å²) < 4.78 is 18.5. The van der Waals surface area contributed by atoms with Crippen molar-refractivity contribution in [1.29, 1.82) is 0 Å². The van der Waals surface area contributed by atoms with Gasteiger partial charge in [0.25, 0.3) is 5.91 Å². The number of hydrogen-bond acceptors (Lipinski definition) is 7. The Labute approximate surface area is 157 Å². The molecule has 1 amide bonds. The van der Waals surface area contributed by atoms with Crippen LogP contribution in [0.2, 0.25) is 0 Å². The highest BCUT2D eigenvalue weighted by molar-refractivity contribution is 7.98. The molecular formula is C17H24N4O4S. The largest absolute Gasteiger partial charge is 0.490 e. The van der Waals surface area contributed by atoms with Crippen LogP contribution >= 0.6 is 11.8 Å². The zero-order valence-corrected chi connectivity index (χ0v) is 16.5. The van der Waals surface area contributed by atoms with E-state index in [1.807, 2.05) is 27.0 Å². The highest BCUT2D eigenvalue weighted by atomic mass is 32.2. The van der Waals surface area contributed by atoms with Gasteiger partial charge < -0.3 is 14.2 Å². The third kappa shape index (κ3) is 4.40. The smallest absolute Gasteiger partial charge is 0.270 e. The molecule has 0 radical (unpaired) electrons. The SMILES string of the molecule is CCOc1cc(C(=O)Nn2c(C)nnc2SC)cc(OCC)c1OCC. The summed E-state index contributed by atoms with van der Waals surface area (Å²) in [6, 6.07) is 3.29. The molecule has 0 aliphatic heterocycles. The molecule has 1 aromatic heterocycles. The summed E-state index contributed by atoms with van der Waals surface area (Å²) in [5.74, 6) is 1.70. The number of benzene rings is 1. The lowest BCUT2D eigenvalue weighted by atomic mass is 10.1. The first-order valence-electron chi connectivity index (χ1n) is 8.39. The molecule has 2 aromatic rings. The van der Waals surface area contributed by atoms with Crippen molar-refractivity contribution < 1.29 is 19.0 Å². The van der Waals surface area contributed by atoms with E-state index >= 15 is 0 Å². The highest BCUT2D eigenvalue weighted by Crippen LogP contribution is 2.39. The quantitative estimate of drug-likeness (QED) is 0.669. The number of aromatic nitrogens is 3. The summed E-state index contributed by atoms with van der Waals surface area (Å²) >= 11 is 1.39. The van der Waals surface area contributed by atoms with E-state index in [0.717, 1.165) is 0 Å². The monoisotopic (exact) mass is 380 g/mol. The van der Waals surface area contributed by atoms with Crippen molar-refractivity contribution in [3.8, 4) is 17.2 Å². The molecule has 0 saturated carbocycles. The van der Waals surface area contributed by atoms with E-state index in [2.05, 4.69) is 15.6 Å². The second kappa shape index (κ2) is 9.33. The summed E-state index contributed by atoms with van der Waals surface area (Å²) in [5.41, 5.74) is 3.19. The van der Waals surface area contributed by atoms with Gasteiger partial charge in [-0.1, -0.05) is 11.8 Å². The molecule has 2 rings (SSSR count). The first-order valence-corrected chi connectivity index (χ1v) is 9.61. The molecule has 1 heterocycles. The summed E-state index contributed by atoms with van der Waals surface area (Å²) in [5, 5.41) is 8.57. The van der Waals surface area contributed by atoms with Gasteiger partial charge in [0.05, 0.1) is 19.8 Å². The number of hydrogen-bond donors (Lipinski definition) is 1. The molecule has 9 heteroatoms. The van der Waals surface area contributed by atoms with E-state index in [1.54, 1.807) is 23.7 Å². The minimum Gasteiger partial charge on any atom is -0.490 e. The lowest BCUT2D eigenvalue weighted by Gasteiger charge is -2.17. The summed E-state index contributed by atoms with van der Waals surface area (Å²) in [6.07, 6.45) is 1.86. The first-order chi connectivity index (χ1) is 12.5. The molecule has 8 nitrogen and oxygen atoms in total. The van der Waals surface area contributed by atoms with Crippen molar-refractivity contribution in [3.05, 3.63) is 23.5 Å². The number of rotatable bonds is 9. The molecule has 0 aliphatic carbocycles. The van der Waals surface area contributed by atoms with Crippen LogP contribution in [0.3, 0.4) is 0 Å². The number of aryl methyl sites for hydroxylation is 1. The van der Waals surface area contributed by atoms with Gasteiger partial charge in [0, 0.05) is 5.56 Å². The minimum atomic E-state index is -0.326. The van der Waals surface area contributed by atoms with Crippen molar-refractivity contribution in [3.63, 3.8) is 0 Å². The Morgan fingerprint density at radius 2 is 1.65 bits per heavy atom. The van der Waals surface area contributed by atoms with Crippen LogP contribution in [0.15, 0.2) is 17.3 Å². The number of amides is 1. The van der Waals surface area contributed by atoms with Crippen molar-refractivity contribution in [2.24, 2.45) is 0 Å². The molecule has 0 atom stereocenters. The van der Waals surface area contributed by atoms with Gasteiger partial charge in [-0.15, -0.1) is 10.2 Å². The average Bonchev–Trinajstić information content (AvgIpc) is 2.97. The fourth-order valence-corrected chi connectivity index (χ4v) is 2.77. The molecule has 0 fully saturated rings. The van der Waals surface area contributed by atoms with Gasteiger partial charge in [-0.2, -0.15) is 0 Å². The van der Waals surface area contributed by atoms with E-state index in [4.69, 9.17) is 14.2 Å². The Morgan fingerprint density at radius 3 is 2.15 bits per heavy atom. The van der Waals surface area contributed by atoms with Crippen molar-refractivity contribution in [2.45, 2.75) is 32.9 Å². The second-order valence-corrected chi connectivity index (χ2v) is 5.88. The molecule has 0 bridgehead atoms. The maximum atomic E-state index is 12.8. The van der Waals surface area contributed by atoms with Gasteiger partial charge in [0.2, 0.25) is 10.9 Å². The Balaban J connectivity index is 2.40. The van der Waals surface area contributed by atoms with Crippen molar-refractivity contribution >= 4 is 17.7 Å². The van der Waals surface area contributed by atoms with Crippen LogP contribution in [-0.4, -0.2) is 46.9 Å². The third-order valence-corrected chi connectivity index (χ3v) is 3.99. The van der Waals surface area contributed by atoms with Crippen LogP contribution in [0.5, 0.6) is 17.2 Å². The second-order valence-electron chi connectivity index (χ2n) is 5.11. The van der Waals surface area contributed by atoms with Crippen LogP contribution in [0.25, 0.3) is 0 Å². The summed E-state index contributed by atoms with van der Waals surface area (Å²) in [7, 11) is 0. The summed E-state index contributed by atoms with van der Waals surface area (Å²) in [4.78, 5) is 12.8. The van der Waals surface area contributed by atoms with E-state index in [1.165, 1.54) is 11.8 Å². The molecular weight excluding hydrogens is 356 g/mol. The maximum Gasteiger partial charge on any atom is 0.270 e.